The van der Waals surface area contributed by atoms with Crippen molar-refractivity contribution in [1.29, 1.82) is 0 Å². The fraction of sp³-hybridized carbons (Fsp3) is 0.316. The molecule has 0 atom stereocenters. The number of likely N-dealkylation sites (N-methyl/N-ethyl adjacent to an activating group) is 1. The van der Waals surface area contributed by atoms with Crippen LogP contribution in [0.25, 0.3) is 11.1 Å². The molecule has 22 heavy (non-hydrogen) atoms. The quantitative estimate of drug-likeness (QED) is 0.806. The predicted molar refractivity (Wildman–Crippen MR) is 87.8 cm³/mol. The average Bonchev–Trinajstić information content (AvgIpc) is 2.89. The summed E-state index contributed by atoms with van der Waals surface area (Å²) in [6.07, 6.45) is 0. The maximum absolute atomic E-state index is 13.1. The molecule has 112 valence electrons. The molecule has 4 rings (SSSR count). The minimum absolute atomic E-state index is 0.129. The first-order chi connectivity index (χ1) is 10.8. The lowest BCUT2D eigenvalue weighted by Crippen LogP contribution is -2.48. The molecule has 0 N–H and O–H groups in total. The second-order valence-electron chi connectivity index (χ2n) is 6.24. The topological polar surface area (TPSA) is 23.6 Å². The maximum atomic E-state index is 13.1. The molecule has 3 nitrogen and oxygen atoms in total. The molecule has 0 unspecified atom stereocenters. The second-order valence-corrected chi connectivity index (χ2v) is 6.24. The number of piperazine rings is 1. The first kappa shape index (κ1) is 13.5. The van der Waals surface area contributed by atoms with Gasteiger partial charge in [0.05, 0.1) is 5.92 Å². The summed E-state index contributed by atoms with van der Waals surface area (Å²) in [7, 11) is 2.11. The molecule has 1 saturated heterocycles. The van der Waals surface area contributed by atoms with Crippen LogP contribution in [0.3, 0.4) is 0 Å². The lowest BCUT2D eigenvalue weighted by Gasteiger charge is -2.34. The van der Waals surface area contributed by atoms with E-state index < -0.39 is 0 Å². The van der Waals surface area contributed by atoms with E-state index in [1.807, 2.05) is 17.0 Å². The molecule has 2 aliphatic rings. The second kappa shape index (κ2) is 5.25. The Labute approximate surface area is 131 Å². The molecular weight excluding hydrogens is 272 g/mol. The fourth-order valence-corrected chi connectivity index (χ4v) is 3.63. The van der Waals surface area contributed by atoms with Crippen LogP contribution in [0.1, 0.15) is 17.0 Å². The van der Waals surface area contributed by atoms with Gasteiger partial charge in [0, 0.05) is 26.2 Å². The Kier molecular flexibility index (Phi) is 3.23. The number of benzene rings is 2. The third-order valence-corrected chi connectivity index (χ3v) is 4.90. The first-order valence-electron chi connectivity index (χ1n) is 7.91. The van der Waals surface area contributed by atoms with Crippen molar-refractivity contribution < 1.29 is 4.79 Å². The van der Waals surface area contributed by atoms with E-state index in [4.69, 9.17) is 0 Å². The minimum atomic E-state index is -0.129. The lowest BCUT2D eigenvalue weighted by molar-refractivity contribution is -0.133. The maximum Gasteiger partial charge on any atom is 0.234 e. The van der Waals surface area contributed by atoms with Crippen LogP contribution in [-0.4, -0.2) is 48.9 Å². The highest BCUT2D eigenvalue weighted by Gasteiger charge is 2.36. The van der Waals surface area contributed by atoms with Crippen molar-refractivity contribution in [2.24, 2.45) is 0 Å². The van der Waals surface area contributed by atoms with E-state index in [1.165, 1.54) is 11.1 Å². The summed E-state index contributed by atoms with van der Waals surface area (Å²) in [6, 6.07) is 16.7. The van der Waals surface area contributed by atoms with Gasteiger partial charge in [0.15, 0.2) is 0 Å². The molecule has 2 aromatic carbocycles. The van der Waals surface area contributed by atoms with Crippen LogP contribution < -0.4 is 0 Å². The van der Waals surface area contributed by atoms with Gasteiger partial charge in [-0.2, -0.15) is 0 Å². The van der Waals surface area contributed by atoms with Gasteiger partial charge in [-0.3, -0.25) is 4.79 Å². The third kappa shape index (κ3) is 2.04. The molecule has 1 aliphatic carbocycles. The highest BCUT2D eigenvalue weighted by molar-refractivity contribution is 5.96. The Morgan fingerprint density at radius 2 is 1.36 bits per heavy atom. The largest absolute Gasteiger partial charge is 0.339 e. The van der Waals surface area contributed by atoms with Gasteiger partial charge in [0.25, 0.3) is 0 Å². The Balaban J connectivity index is 1.74. The molecule has 1 heterocycles. The normalized spacial score (nSPS) is 18.1. The van der Waals surface area contributed by atoms with Crippen LogP contribution in [0, 0.1) is 0 Å². The zero-order valence-electron chi connectivity index (χ0n) is 12.8. The zero-order valence-corrected chi connectivity index (χ0v) is 12.8. The van der Waals surface area contributed by atoms with Crippen molar-refractivity contribution in [2.75, 3.05) is 33.2 Å². The van der Waals surface area contributed by atoms with E-state index in [2.05, 4.69) is 48.3 Å². The van der Waals surface area contributed by atoms with Crippen LogP contribution in [0.2, 0.25) is 0 Å². The summed E-state index contributed by atoms with van der Waals surface area (Å²) >= 11 is 0. The van der Waals surface area contributed by atoms with Crippen molar-refractivity contribution in [3.8, 4) is 11.1 Å². The van der Waals surface area contributed by atoms with Crippen LogP contribution in [0.5, 0.6) is 0 Å². The minimum Gasteiger partial charge on any atom is -0.339 e. The molecule has 1 amide bonds. The summed E-state index contributed by atoms with van der Waals surface area (Å²) in [5.41, 5.74) is 4.75. The Hall–Kier alpha value is -2.13. The van der Waals surface area contributed by atoms with Gasteiger partial charge in [-0.15, -0.1) is 0 Å². The van der Waals surface area contributed by atoms with Crippen molar-refractivity contribution in [1.82, 2.24) is 9.80 Å². The number of amides is 1. The van der Waals surface area contributed by atoms with Gasteiger partial charge in [0.1, 0.15) is 0 Å². The van der Waals surface area contributed by atoms with Gasteiger partial charge < -0.3 is 9.80 Å². The van der Waals surface area contributed by atoms with Gasteiger partial charge in [0.2, 0.25) is 5.91 Å². The van der Waals surface area contributed by atoms with Crippen LogP contribution in [0.4, 0.5) is 0 Å². The molecule has 0 aromatic heterocycles. The SMILES string of the molecule is CN1CCN(C(=O)C2c3ccccc3-c3ccccc32)CC1. The fourth-order valence-electron chi connectivity index (χ4n) is 3.63. The summed E-state index contributed by atoms with van der Waals surface area (Å²) in [6.45, 7) is 3.58. The molecule has 0 bridgehead atoms. The van der Waals surface area contributed by atoms with Crippen LogP contribution >= 0.6 is 0 Å². The summed E-state index contributed by atoms with van der Waals surface area (Å²) in [5.74, 6) is 0.126. The third-order valence-electron chi connectivity index (χ3n) is 4.90. The Morgan fingerprint density at radius 1 is 0.864 bits per heavy atom. The highest BCUT2D eigenvalue weighted by atomic mass is 16.2. The number of rotatable bonds is 1. The molecule has 0 spiro atoms. The molecule has 0 saturated carbocycles. The predicted octanol–water partition coefficient (Wildman–Crippen LogP) is 2.57. The van der Waals surface area contributed by atoms with E-state index in [0.717, 1.165) is 37.3 Å². The molecule has 0 radical (unpaired) electrons. The molecule has 1 aliphatic heterocycles. The van der Waals surface area contributed by atoms with E-state index in [1.54, 1.807) is 0 Å². The van der Waals surface area contributed by atoms with Crippen molar-refractivity contribution in [3.05, 3.63) is 59.7 Å². The highest BCUT2D eigenvalue weighted by Crippen LogP contribution is 2.45. The standard InChI is InChI=1S/C19H20N2O/c1-20-10-12-21(13-11-20)19(22)18-16-8-4-2-6-14(16)15-7-3-5-9-17(15)18/h2-9,18H,10-13H2,1H3. The van der Waals surface area contributed by atoms with E-state index in [0.29, 0.717) is 0 Å². The van der Waals surface area contributed by atoms with Crippen LogP contribution in [-0.2, 0) is 4.79 Å². The van der Waals surface area contributed by atoms with E-state index >= 15 is 0 Å². The Bertz CT molecular complexity index is 671. The van der Waals surface area contributed by atoms with E-state index in [-0.39, 0.29) is 11.8 Å². The number of hydrogen-bond acceptors (Lipinski definition) is 2. The zero-order chi connectivity index (χ0) is 15.1. The van der Waals surface area contributed by atoms with Crippen molar-refractivity contribution in [3.63, 3.8) is 0 Å². The van der Waals surface area contributed by atoms with Crippen molar-refractivity contribution >= 4 is 5.91 Å². The average molecular weight is 292 g/mol. The summed E-state index contributed by atoms with van der Waals surface area (Å²) in [4.78, 5) is 17.4. The summed E-state index contributed by atoms with van der Waals surface area (Å²) < 4.78 is 0. The van der Waals surface area contributed by atoms with Gasteiger partial charge in [-0.1, -0.05) is 48.5 Å². The first-order valence-corrected chi connectivity index (χ1v) is 7.91. The van der Waals surface area contributed by atoms with Gasteiger partial charge in [-0.05, 0) is 29.3 Å². The smallest absolute Gasteiger partial charge is 0.234 e. The number of hydrogen-bond donors (Lipinski definition) is 0. The number of carbonyl (C=O) groups is 1. The van der Waals surface area contributed by atoms with Crippen LogP contribution in [0.15, 0.2) is 48.5 Å². The van der Waals surface area contributed by atoms with Gasteiger partial charge >= 0.3 is 0 Å². The lowest BCUT2D eigenvalue weighted by atomic mass is 9.95. The molecule has 1 fully saturated rings. The van der Waals surface area contributed by atoms with Crippen molar-refractivity contribution in [2.45, 2.75) is 5.92 Å². The monoisotopic (exact) mass is 292 g/mol. The number of carbonyl (C=O) groups excluding carboxylic acids is 1. The molecular formula is C19H20N2O. The number of fused-ring (bicyclic) bond motifs is 3. The number of nitrogens with zero attached hydrogens (tertiary/aromatic N) is 2. The Morgan fingerprint density at radius 3 is 1.91 bits per heavy atom. The summed E-state index contributed by atoms with van der Waals surface area (Å²) in [5, 5.41) is 0. The molecule has 2 aromatic rings. The van der Waals surface area contributed by atoms with E-state index in [9.17, 15) is 4.79 Å². The molecule has 3 heteroatoms. The van der Waals surface area contributed by atoms with Gasteiger partial charge in [-0.25, -0.2) is 0 Å².